The highest BCUT2D eigenvalue weighted by Crippen LogP contribution is 2.25. The molecule has 0 atom stereocenters. The molecule has 0 fully saturated rings. The van der Waals surface area contributed by atoms with Crippen LogP contribution in [0.4, 0.5) is 5.69 Å². The third kappa shape index (κ3) is 3.86. The summed E-state index contributed by atoms with van der Waals surface area (Å²) in [5.41, 5.74) is 6.63. The molecule has 0 aliphatic rings. The van der Waals surface area contributed by atoms with Crippen molar-refractivity contribution in [1.82, 2.24) is 4.90 Å². The summed E-state index contributed by atoms with van der Waals surface area (Å²) in [4.78, 5) is 14.1. The van der Waals surface area contributed by atoms with Crippen LogP contribution in [0.3, 0.4) is 0 Å². The molecular weight excluding hydrogens is 244 g/mol. The number of aliphatic hydroxyl groups is 1. The maximum atomic E-state index is 12.5. The highest BCUT2D eigenvalue weighted by Gasteiger charge is 2.21. The van der Waals surface area contributed by atoms with Gasteiger partial charge in [0.15, 0.2) is 0 Å². The number of ether oxygens (including phenoxy) is 1. The van der Waals surface area contributed by atoms with E-state index in [0.717, 1.165) is 12.8 Å². The van der Waals surface area contributed by atoms with Crippen LogP contribution in [0, 0.1) is 0 Å². The summed E-state index contributed by atoms with van der Waals surface area (Å²) in [6.45, 7) is 2.90. The van der Waals surface area contributed by atoms with E-state index in [0.29, 0.717) is 30.1 Å². The van der Waals surface area contributed by atoms with Crippen LogP contribution in [0.1, 0.15) is 30.1 Å². The van der Waals surface area contributed by atoms with Crippen molar-refractivity contribution in [2.75, 3.05) is 32.5 Å². The number of unbranched alkanes of at least 4 members (excludes halogenated alkanes) is 1. The Morgan fingerprint density at radius 3 is 2.74 bits per heavy atom. The first kappa shape index (κ1) is 15.3. The van der Waals surface area contributed by atoms with Crippen molar-refractivity contribution >= 4 is 11.6 Å². The lowest BCUT2D eigenvalue weighted by atomic mass is 10.1. The Kier molecular flexibility index (Phi) is 6.15. The minimum atomic E-state index is -0.197. The predicted molar refractivity (Wildman–Crippen MR) is 75.3 cm³/mol. The van der Waals surface area contributed by atoms with Gasteiger partial charge in [0, 0.05) is 18.8 Å². The van der Waals surface area contributed by atoms with E-state index in [1.54, 1.807) is 23.1 Å². The fourth-order valence-electron chi connectivity index (χ4n) is 1.89. The standard InChI is InChI=1S/C14H22N2O3/c1-3-4-8-16(9-10-17)14(18)13-11(15)6-5-7-12(13)19-2/h5-7,17H,3-4,8-10,15H2,1-2H3. The fraction of sp³-hybridized carbons (Fsp3) is 0.500. The summed E-state index contributed by atoms with van der Waals surface area (Å²) in [6, 6.07) is 5.13. The van der Waals surface area contributed by atoms with Crippen LogP contribution < -0.4 is 10.5 Å². The summed E-state index contributed by atoms with van der Waals surface area (Å²) in [5, 5.41) is 9.07. The number of hydrogen-bond acceptors (Lipinski definition) is 4. The van der Waals surface area contributed by atoms with Crippen molar-refractivity contribution in [1.29, 1.82) is 0 Å². The van der Waals surface area contributed by atoms with Gasteiger partial charge in [0.2, 0.25) is 0 Å². The van der Waals surface area contributed by atoms with E-state index in [9.17, 15) is 4.79 Å². The highest BCUT2D eigenvalue weighted by atomic mass is 16.5. The zero-order valence-electron chi connectivity index (χ0n) is 11.6. The molecule has 5 heteroatoms. The quantitative estimate of drug-likeness (QED) is 0.734. The monoisotopic (exact) mass is 266 g/mol. The van der Waals surface area contributed by atoms with Gasteiger partial charge >= 0.3 is 0 Å². The Bertz CT molecular complexity index is 421. The molecular formula is C14H22N2O3. The minimum Gasteiger partial charge on any atom is -0.496 e. The number of nitrogens with zero attached hydrogens (tertiary/aromatic N) is 1. The molecule has 0 saturated heterocycles. The number of rotatable bonds is 7. The third-order valence-electron chi connectivity index (χ3n) is 2.93. The second-order valence-electron chi connectivity index (χ2n) is 4.29. The molecule has 0 aromatic heterocycles. The lowest BCUT2D eigenvalue weighted by Gasteiger charge is -2.23. The van der Waals surface area contributed by atoms with Crippen molar-refractivity contribution in [2.24, 2.45) is 0 Å². The van der Waals surface area contributed by atoms with Crippen LogP contribution in [0.2, 0.25) is 0 Å². The van der Waals surface area contributed by atoms with Gasteiger partial charge in [-0.05, 0) is 18.6 Å². The smallest absolute Gasteiger partial charge is 0.259 e. The molecule has 0 radical (unpaired) electrons. The molecule has 1 aromatic carbocycles. The van der Waals surface area contributed by atoms with Crippen LogP contribution >= 0.6 is 0 Å². The average Bonchev–Trinajstić information content (AvgIpc) is 2.42. The maximum Gasteiger partial charge on any atom is 0.259 e. The number of methoxy groups -OCH3 is 1. The zero-order chi connectivity index (χ0) is 14.3. The molecule has 5 nitrogen and oxygen atoms in total. The Balaban J connectivity index is 3.01. The van der Waals surface area contributed by atoms with E-state index in [1.807, 2.05) is 0 Å². The molecule has 0 heterocycles. The third-order valence-corrected chi connectivity index (χ3v) is 2.93. The number of nitrogens with two attached hydrogens (primary N) is 1. The summed E-state index contributed by atoms with van der Waals surface area (Å²) in [6.07, 6.45) is 1.87. The summed E-state index contributed by atoms with van der Waals surface area (Å²) < 4.78 is 5.19. The number of aliphatic hydroxyl groups excluding tert-OH is 1. The van der Waals surface area contributed by atoms with Gasteiger partial charge in [-0.15, -0.1) is 0 Å². The minimum absolute atomic E-state index is 0.0650. The van der Waals surface area contributed by atoms with Crippen LogP contribution in [0.25, 0.3) is 0 Å². The second-order valence-corrected chi connectivity index (χ2v) is 4.29. The molecule has 0 bridgehead atoms. The van der Waals surface area contributed by atoms with Gasteiger partial charge in [0.25, 0.3) is 5.91 Å². The Labute approximate surface area is 114 Å². The van der Waals surface area contributed by atoms with Crippen molar-refractivity contribution in [2.45, 2.75) is 19.8 Å². The highest BCUT2D eigenvalue weighted by molar-refractivity contribution is 6.01. The molecule has 0 spiro atoms. The van der Waals surface area contributed by atoms with Crippen LogP contribution in [0.5, 0.6) is 5.75 Å². The van der Waals surface area contributed by atoms with Crippen LogP contribution in [-0.2, 0) is 0 Å². The van der Waals surface area contributed by atoms with Gasteiger partial charge in [-0.2, -0.15) is 0 Å². The molecule has 1 aromatic rings. The number of nitrogen functional groups attached to an aromatic ring is 1. The number of anilines is 1. The number of carbonyl (C=O) groups excluding carboxylic acids is 1. The summed E-state index contributed by atoms with van der Waals surface area (Å²) in [7, 11) is 1.51. The molecule has 0 unspecified atom stereocenters. The van der Waals surface area contributed by atoms with Gasteiger partial charge in [-0.1, -0.05) is 19.4 Å². The fourth-order valence-corrected chi connectivity index (χ4v) is 1.89. The van der Waals surface area contributed by atoms with Crippen molar-refractivity contribution < 1.29 is 14.6 Å². The Morgan fingerprint density at radius 1 is 1.42 bits per heavy atom. The van der Waals surface area contributed by atoms with Crippen molar-refractivity contribution in [3.63, 3.8) is 0 Å². The largest absolute Gasteiger partial charge is 0.496 e. The average molecular weight is 266 g/mol. The number of carbonyl (C=O) groups is 1. The lowest BCUT2D eigenvalue weighted by molar-refractivity contribution is 0.0717. The first-order valence-electron chi connectivity index (χ1n) is 6.48. The van der Waals surface area contributed by atoms with E-state index >= 15 is 0 Å². The number of amides is 1. The normalized spacial score (nSPS) is 10.3. The van der Waals surface area contributed by atoms with E-state index in [1.165, 1.54) is 7.11 Å². The summed E-state index contributed by atoms with van der Waals surface area (Å²) >= 11 is 0. The predicted octanol–water partition coefficient (Wildman–Crippen LogP) is 1.51. The topological polar surface area (TPSA) is 75.8 Å². The van der Waals surface area contributed by atoms with Crippen molar-refractivity contribution in [3.8, 4) is 5.75 Å². The lowest BCUT2D eigenvalue weighted by Crippen LogP contribution is -2.35. The van der Waals surface area contributed by atoms with Crippen LogP contribution in [-0.4, -0.2) is 42.7 Å². The molecule has 3 N–H and O–H groups in total. The van der Waals surface area contributed by atoms with Gasteiger partial charge in [0.05, 0.1) is 13.7 Å². The SMILES string of the molecule is CCCCN(CCO)C(=O)c1c(N)cccc1OC. The summed E-state index contributed by atoms with van der Waals surface area (Å²) in [5.74, 6) is 0.266. The second kappa shape index (κ2) is 7.63. The van der Waals surface area contributed by atoms with Crippen LogP contribution in [0.15, 0.2) is 18.2 Å². The maximum absolute atomic E-state index is 12.5. The molecule has 1 rings (SSSR count). The van der Waals surface area contributed by atoms with Gasteiger partial charge in [0.1, 0.15) is 11.3 Å². The van der Waals surface area contributed by atoms with E-state index in [2.05, 4.69) is 6.92 Å². The number of benzene rings is 1. The molecule has 106 valence electrons. The Hall–Kier alpha value is -1.75. The van der Waals surface area contributed by atoms with Gasteiger partial charge < -0.3 is 20.5 Å². The molecule has 1 amide bonds. The zero-order valence-corrected chi connectivity index (χ0v) is 11.6. The van der Waals surface area contributed by atoms with Crippen molar-refractivity contribution in [3.05, 3.63) is 23.8 Å². The van der Waals surface area contributed by atoms with Gasteiger partial charge in [-0.25, -0.2) is 0 Å². The molecule has 19 heavy (non-hydrogen) atoms. The molecule has 0 saturated carbocycles. The number of hydrogen-bond donors (Lipinski definition) is 2. The first-order valence-corrected chi connectivity index (χ1v) is 6.48. The van der Waals surface area contributed by atoms with Gasteiger partial charge in [-0.3, -0.25) is 4.79 Å². The molecule has 0 aliphatic heterocycles. The van der Waals surface area contributed by atoms with E-state index < -0.39 is 0 Å². The van der Waals surface area contributed by atoms with E-state index in [-0.39, 0.29) is 12.5 Å². The first-order chi connectivity index (χ1) is 9.15. The molecule has 0 aliphatic carbocycles. The van der Waals surface area contributed by atoms with E-state index in [4.69, 9.17) is 15.6 Å². The Morgan fingerprint density at radius 2 is 2.16 bits per heavy atom.